The quantitative estimate of drug-likeness (QED) is 0.551. The number of aromatic nitrogens is 3. The van der Waals surface area contributed by atoms with Gasteiger partial charge in [-0.25, -0.2) is 15.0 Å². The molecular weight excluding hydrogens is 404 g/mol. The summed E-state index contributed by atoms with van der Waals surface area (Å²) in [4.78, 5) is 28.4. The molecule has 32 heavy (non-hydrogen) atoms. The van der Waals surface area contributed by atoms with E-state index in [-0.39, 0.29) is 18.1 Å². The molecule has 1 amide bonds. The maximum atomic E-state index is 13.6. The Morgan fingerprint density at radius 3 is 2.69 bits per heavy atom. The van der Waals surface area contributed by atoms with E-state index in [9.17, 15) is 4.79 Å². The lowest BCUT2D eigenvalue weighted by molar-refractivity contribution is 0.0372. The second-order valence-corrected chi connectivity index (χ2v) is 7.92. The third kappa shape index (κ3) is 5.04. The minimum Gasteiger partial charge on any atom is -0.493 e. The van der Waals surface area contributed by atoms with E-state index in [1.54, 1.807) is 24.7 Å². The van der Waals surface area contributed by atoms with Crippen LogP contribution in [0.25, 0.3) is 11.4 Å². The summed E-state index contributed by atoms with van der Waals surface area (Å²) in [5.41, 5.74) is 1.33. The number of pyridine rings is 1. The van der Waals surface area contributed by atoms with Crippen molar-refractivity contribution in [1.29, 1.82) is 0 Å². The Morgan fingerprint density at radius 1 is 1.06 bits per heavy atom. The lowest BCUT2D eigenvalue weighted by Crippen LogP contribution is -2.49. The van der Waals surface area contributed by atoms with E-state index in [1.165, 1.54) is 0 Å². The van der Waals surface area contributed by atoms with Gasteiger partial charge in [0.25, 0.3) is 5.91 Å². The minimum absolute atomic E-state index is 0.0400. The molecule has 0 spiro atoms. The van der Waals surface area contributed by atoms with Crippen LogP contribution in [0.5, 0.6) is 11.6 Å². The van der Waals surface area contributed by atoms with Crippen LogP contribution in [0.2, 0.25) is 0 Å². The Morgan fingerprint density at radius 2 is 1.88 bits per heavy atom. The van der Waals surface area contributed by atoms with Crippen molar-refractivity contribution in [1.82, 2.24) is 19.9 Å². The van der Waals surface area contributed by atoms with E-state index in [4.69, 9.17) is 9.47 Å². The second-order valence-electron chi connectivity index (χ2n) is 7.92. The number of nitrogens with zero attached hydrogens (tertiary/aromatic N) is 4. The van der Waals surface area contributed by atoms with Gasteiger partial charge in [-0.3, -0.25) is 4.79 Å². The molecule has 1 saturated heterocycles. The summed E-state index contributed by atoms with van der Waals surface area (Å²) in [6.45, 7) is 5.28. The summed E-state index contributed by atoms with van der Waals surface area (Å²) in [6, 6.07) is 13.0. The number of rotatable bonds is 7. The Kier molecular flexibility index (Phi) is 6.94. The molecule has 1 aromatic carbocycles. The molecule has 0 aliphatic carbocycles. The zero-order chi connectivity index (χ0) is 22.3. The van der Waals surface area contributed by atoms with Gasteiger partial charge >= 0.3 is 0 Å². The van der Waals surface area contributed by atoms with Crippen LogP contribution in [-0.2, 0) is 0 Å². The lowest BCUT2D eigenvalue weighted by Gasteiger charge is -2.38. The highest BCUT2D eigenvalue weighted by molar-refractivity contribution is 6.00. The number of ether oxygens (including phenoxy) is 2. The van der Waals surface area contributed by atoms with E-state index >= 15 is 0 Å². The van der Waals surface area contributed by atoms with Gasteiger partial charge in [-0.2, -0.15) is 0 Å². The third-order valence-corrected chi connectivity index (χ3v) is 5.53. The molecule has 1 aliphatic heterocycles. The van der Waals surface area contributed by atoms with E-state index in [0.717, 1.165) is 30.6 Å². The minimum atomic E-state index is -0.135. The van der Waals surface area contributed by atoms with Crippen LogP contribution in [0.4, 0.5) is 0 Å². The fourth-order valence-corrected chi connectivity index (χ4v) is 3.85. The molecular formula is C25H28N4O3. The fraction of sp³-hybridized carbons (Fsp3) is 0.360. The summed E-state index contributed by atoms with van der Waals surface area (Å²) in [5.74, 6) is 1.76. The molecule has 0 bridgehead atoms. The normalized spacial score (nSPS) is 18.2. The van der Waals surface area contributed by atoms with Crippen molar-refractivity contribution in [3.63, 3.8) is 0 Å². The van der Waals surface area contributed by atoms with Crippen molar-refractivity contribution in [2.24, 2.45) is 0 Å². The van der Waals surface area contributed by atoms with Gasteiger partial charge in [0.1, 0.15) is 11.9 Å². The molecule has 166 valence electrons. The van der Waals surface area contributed by atoms with Gasteiger partial charge < -0.3 is 14.4 Å². The van der Waals surface area contributed by atoms with Crippen molar-refractivity contribution in [2.75, 3.05) is 13.2 Å². The van der Waals surface area contributed by atoms with Gasteiger partial charge in [0.15, 0.2) is 5.82 Å². The highest BCUT2D eigenvalue weighted by Gasteiger charge is 2.32. The molecule has 3 heterocycles. The topological polar surface area (TPSA) is 77.4 Å². The number of amides is 1. The van der Waals surface area contributed by atoms with Crippen LogP contribution in [0.3, 0.4) is 0 Å². The summed E-state index contributed by atoms with van der Waals surface area (Å²) in [6.07, 6.45) is 7.56. The Balaban J connectivity index is 1.51. The molecule has 4 rings (SSSR count). The molecule has 0 saturated carbocycles. The van der Waals surface area contributed by atoms with E-state index in [1.807, 2.05) is 41.3 Å². The van der Waals surface area contributed by atoms with Crippen LogP contribution in [-0.4, -0.2) is 51.1 Å². The van der Waals surface area contributed by atoms with E-state index < -0.39 is 0 Å². The summed E-state index contributed by atoms with van der Waals surface area (Å²) in [5, 5.41) is 0. The standard InChI is InChI=1S/C25H28N4O3/c1-3-15-31-19-11-14-26-23(16-19)32-20-10-9-18(2)29(17-20)25(30)22-8-5-4-7-21(22)24-27-12-6-13-28-24/h4-8,11-14,16,18,20H,3,9-10,15,17H2,1-2H3/t18-,20-/m1/s1. The molecule has 0 unspecified atom stereocenters. The first-order valence-corrected chi connectivity index (χ1v) is 11.1. The summed E-state index contributed by atoms with van der Waals surface area (Å²) >= 11 is 0. The molecule has 2 aromatic heterocycles. The lowest BCUT2D eigenvalue weighted by atomic mass is 9.98. The van der Waals surface area contributed by atoms with Crippen molar-refractivity contribution in [3.05, 3.63) is 66.6 Å². The monoisotopic (exact) mass is 432 g/mol. The zero-order valence-electron chi connectivity index (χ0n) is 18.5. The van der Waals surface area contributed by atoms with Gasteiger partial charge in [0.2, 0.25) is 5.88 Å². The Hall–Kier alpha value is -3.48. The average Bonchev–Trinajstić information content (AvgIpc) is 2.84. The number of hydrogen-bond acceptors (Lipinski definition) is 6. The smallest absolute Gasteiger partial charge is 0.254 e. The average molecular weight is 433 g/mol. The van der Waals surface area contributed by atoms with Crippen molar-refractivity contribution >= 4 is 5.91 Å². The van der Waals surface area contributed by atoms with Gasteiger partial charge in [-0.05, 0) is 44.4 Å². The van der Waals surface area contributed by atoms with Crippen LogP contribution < -0.4 is 9.47 Å². The molecule has 7 nitrogen and oxygen atoms in total. The molecule has 1 aliphatic rings. The number of carbonyl (C=O) groups excluding carboxylic acids is 1. The fourth-order valence-electron chi connectivity index (χ4n) is 3.85. The van der Waals surface area contributed by atoms with E-state index in [2.05, 4.69) is 28.8 Å². The Labute approximate surface area is 188 Å². The molecule has 7 heteroatoms. The van der Waals surface area contributed by atoms with E-state index in [0.29, 0.717) is 30.4 Å². The third-order valence-electron chi connectivity index (χ3n) is 5.53. The maximum absolute atomic E-state index is 13.6. The summed E-state index contributed by atoms with van der Waals surface area (Å²) < 4.78 is 11.8. The molecule has 0 N–H and O–H groups in total. The number of benzene rings is 1. The predicted molar refractivity (Wildman–Crippen MR) is 122 cm³/mol. The van der Waals surface area contributed by atoms with Gasteiger partial charge in [0, 0.05) is 36.3 Å². The predicted octanol–water partition coefficient (Wildman–Crippen LogP) is 4.40. The number of carbonyl (C=O) groups is 1. The van der Waals surface area contributed by atoms with Crippen molar-refractivity contribution in [3.8, 4) is 23.0 Å². The highest BCUT2D eigenvalue weighted by Crippen LogP contribution is 2.27. The van der Waals surface area contributed by atoms with Crippen LogP contribution in [0, 0.1) is 0 Å². The van der Waals surface area contributed by atoms with Crippen LogP contribution >= 0.6 is 0 Å². The van der Waals surface area contributed by atoms with Crippen LogP contribution in [0.1, 0.15) is 43.5 Å². The largest absolute Gasteiger partial charge is 0.493 e. The second kappa shape index (κ2) is 10.2. The van der Waals surface area contributed by atoms with Crippen molar-refractivity contribution < 1.29 is 14.3 Å². The van der Waals surface area contributed by atoms with Gasteiger partial charge in [-0.1, -0.05) is 25.1 Å². The first-order chi connectivity index (χ1) is 15.7. The number of piperidine rings is 1. The number of hydrogen-bond donors (Lipinski definition) is 0. The summed E-state index contributed by atoms with van der Waals surface area (Å²) in [7, 11) is 0. The zero-order valence-corrected chi connectivity index (χ0v) is 18.5. The number of likely N-dealkylation sites (tertiary alicyclic amines) is 1. The molecule has 1 fully saturated rings. The molecule has 0 radical (unpaired) electrons. The first-order valence-electron chi connectivity index (χ1n) is 11.1. The van der Waals surface area contributed by atoms with Crippen molar-refractivity contribution in [2.45, 2.75) is 45.3 Å². The van der Waals surface area contributed by atoms with Crippen LogP contribution in [0.15, 0.2) is 61.1 Å². The van der Waals surface area contributed by atoms with Gasteiger partial charge in [-0.15, -0.1) is 0 Å². The maximum Gasteiger partial charge on any atom is 0.254 e. The molecule has 2 atom stereocenters. The highest BCUT2D eigenvalue weighted by atomic mass is 16.5. The first kappa shape index (κ1) is 21.7. The SMILES string of the molecule is CCCOc1ccnc(O[C@@H]2CC[C@@H](C)N(C(=O)c3ccccc3-c3ncccn3)C2)c1. The van der Waals surface area contributed by atoms with Gasteiger partial charge in [0.05, 0.1) is 18.7 Å². The molecule has 3 aromatic rings. The Bertz CT molecular complexity index is 1040.